The fourth-order valence-corrected chi connectivity index (χ4v) is 5.09. The summed E-state index contributed by atoms with van der Waals surface area (Å²) in [5, 5.41) is 5.68. The summed E-state index contributed by atoms with van der Waals surface area (Å²) in [5.74, 6) is -0.413. The van der Waals surface area contributed by atoms with Gasteiger partial charge in [0.05, 0.1) is 7.11 Å². The Morgan fingerprint density at radius 1 is 0.780 bits per heavy atom. The zero-order valence-corrected chi connectivity index (χ0v) is 23.6. The summed E-state index contributed by atoms with van der Waals surface area (Å²) in [6.45, 7) is 7.81. The molecule has 0 saturated heterocycles. The molecule has 5 aromatic rings. The van der Waals surface area contributed by atoms with Crippen LogP contribution in [0.3, 0.4) is 0 Å². The second kappa shape index (κ2) is 11.2. The maximum Gasteiger partial charge on any atom is 0.332 e. The maximum absolute atomic E-state index is 13.9. The number of aryl methyl sites for hydroxylation is 3. The number of carbonyl (C=O) groups excluding carboxylic acids is 3. The number of Topliss-reactive ketones (excluding diaryl/α,β-unsaturated/α-hetero) is 1. The number of nitrogens with zero attached hydrogens (tertiary/aromatic N) is 2. The van der Waals surface area contributed by atoms with Gasteiger partial charge in [-0.1, -0.05) is 22.9 Å². The van der Waals surface area contributed by atoms with Gasteiger partial charge < -0.3 is 14.1 Å². The average Bonchev–Trinajstić information content (AvgIpc) is 3.30. The molecule has 206 valence electrons. The number of methoxy groups -OCH3 is 1. The van der Waals surface area contributed by atoms with Crippen LogP contribution in [0.25, 0.3) is 21.8 Å². The minimum atomic E-state index is -0.615. The monoisotopic (exact) mass is 546 g/mol. The molecule has 0 amide bonds. The highest BCUT2D eigenvalue weighted by molar-refractivity contribution is 6.51. The fraction of sp³-hybridized carbons (Fsp3) is 0.176. The summed E-state index contributed by atoms with van der Waals surface area (Å²) in [5.41, 5.74) is 5.83. The van der Waals surface area contributed by atoms with E-state index in [2.05, 4.69) is 16.6 Å². The number of aromatic nitrogens is 1. The van der Waals surface area contributed by atoms with Crippen molar-refractivity contribution in [3.63, 3.8) is 0 Å². The summed E-state index contributed by atoms with van der Waals surface area (Å²) >= 11 is 0. The predicted octanol–water partition coefficient (Wildman–Crippen LogP) is 6.82. The van der Waals surface area contributed by atoms with Gasteiger partial charge in [0.25, 0.3) is 0 Å². The summed E-state index contributed by atoms with van der Waals surface area (Å²) in [4.78, 5) is 43.8. The third-order valence-corrected chi connectivity index (χ3v) is 7.19. The fourth-order valence-electron chi connectivity index (χ4n) is 5.09. The first-order valence-electron chi connectivity index (χ1n) is 13.3. The lowest BCUT2D eigenvalue weighted by molar-refractivity contribution is -0.140. The van der Waals surface area contributed by atoms with E-state index in [0.29, 0.717) is 34.5 Å². The minimum absolute atomic E-state index is 0.0513. The number of rotatable bonds is 8. The molecule has 0 aliphatic heterocycles. The Labute approximate surface area is 238 Å². The van der Waals surface area contributed by atoms with Gasteiger partial charge >= 0.3 is 5.97 Å². The summed E-state index contributed by atoms with van der Waals surface area (Å²) in [6, 6.07) is 23.9. The van der Waals surface area contributed by atoms with Crippen LogP contribution in [-0.4, -0.2) is 34.9 Å². The molecule has 0 bridgehead atoms. The molecule has 0 radical (unpaired) electrons. The van der Waals surface area contributed by atoms with Gasteiger partial charge in [0.2, 0.25) is 5.78 Å². The van der Waals surface area contributed by atoms with Gasteiger partial charge in [-0.2, -0.15) is 0 Å². The zero-order valence-electron chi connectivity index (χ0n) is 23.6. The highest BCUT2D eigenvalue weighted by Crippen LogP contribution is 2.32. The lowest BCUT2D eigenvalue weighted by Gasteiger charge is -2.10. The molecule has 0 atom stereocenters. The van der Waals surface area contributed by atoms with E-state index in [-0.39, 0.29) is 17.3 Å². The number of oxime groups is 1. The van der Waals surface area contributed by atoms with Crippen molar-refractivity contribution in [2.75, 3.05) is 7.11 Å². The summed E-state index contributed by atoms with van der Waals surface area (Å²) < 4.78 is 7.37. The summed E-state index contributed by atoms with van der Waals surface area (Å²) in [6.07, 6.45) is 0. The Hall–Kier alpha value is -5.04. The Morgan fingerprint density at radius 3 is 2.00 bits per heavy atom. The normalized spacial score (nSPS) is 11.6. The molecule has 0 aliphatic rings. The molecule has 5 rings (SSSR count). The third-order valence-electron chi connectivity index (χ3n) is 7.19. The van der Waals surface area contributed by atoms with Crippen LogP contribution in [0.15, 0.2) is 84.0 Å². The van der Waals surface area contributed by atoms with E-state index in [1.54, 1.807) is 37.4 Å². The predicted molar refractivity (Wildman–Crippen MR) is 160 cm³/mol. The number of hydrogen-bond donors (Lipinski definition) is 0. The molecule has 1 aromatic heterocycles. The molecule has 1 heterocycles. The van der Waals surface area contributed by atoms with Crippen molar-refractivity contribution in [3.8, 4) is 5.75 Å². The Kier molecular flexibility index (Phi) is 7.53. The van der Waals surface area contributed by atoms with Crippen molar-refractivity contribution >= 4 is 45.1 Å². The smallest absolute Gasteiger partial charge is 0.332 e. The second-order valence-corrected chi connectivity index (χ2v) is 9.94. The highest BCUT2D eigenvalue weighted by Gasteiger charge is 2.22. The summed E-state index contributed by atoms with van der Waals surface area (Å²) in [7, 11) is 1.58. The van der Waals surface area contributed by atoms with E-state index in [4.69, 9.17) is 9.57 Å². The van der Waals surface area contributed by atoms with Crippen molar-refractivity contribution in [2.24, 2.45) is 5.16 Å². The van der Waals surface area contributed by atoms with Gasteiger partial charge in [-0.05, 0) is 93.1 Å². The van der Waals surface area contributed by atoms with E-state index >= 15 is 0 Å². The van der Waals surface area contributed by atoms with Crippen LogP contribution >= 0.6 is 0 Å². The topological polar surface area (TPSA) is 87.0 Å². The number of ketones is 2. The number of ether oxygens (including phenoxy) is 1. The van der Waals surface area contributed by atoms with Crippen LogP contribution in [0, 0.1) is 13.8 Å². The lowest BCUT2D eigenvalue weighted by atomic mass is 9.95. The molecule has 0 fully saturated rings. The van der Waals surface area contributed by atoms with Gasteiger partial charge in [-0.3, -0.25) is 9.59 Å². The van der Waals surface area contributed by atoms with Crippen molar-refractivity contribution in [1.82, 2.24) is 4.57 Å². The van der Waals surface area contributed by atoms with Gasteiger partial charge in [0, 0.05) is 57.5 Å². The van der Waals surface area contributed by atoms with E-state index in [1.165, 1.54) is 6.92 Å². The van der Waals surface area contributed by atoms with Crippen LogP contribution in [0.4, 0.5) is 0 Å². The Bertz CT molecular complexity index is 1860. The van der Waals surface area contributed by atoms with Crippen LogP contribution in [0.1, 0.15) is 56.8 Å². The first kappa shape index (κ1) is 27.5. The molecular formula is C34H30N2O5. The highest BCUT2D eigenvalue weighted by atomic mass is 16.7. The van der Waals surface area contributed by atoms with Crippen LogP contribution in [-0.2, 0) is 16.2 Å². The molecule has 0 N–H and O–H groups in total. The SMILES string of the molecule is CCn1c2ccc(C(=O)/C(=N/OC(C)=O)c3cc(C)ccc3C)cc2c2cc(C(=O)c3ccc(OC)cc3)ccc21. The molecule has 7 nitrogen and oxygen atoms in total. The number of fused-ring (bicyclic) bond motifs is 3. The van der Waals surface area contributed by atoms with Crippen LogP contribution in [0.2, 0.25) is 0 Å². The van der Waals surface area contributed by atoms with Gasteiger partial charge in [-0.25, -0.2) is 4.79 Å². The van der Waals surface area contributed by atoms with Crippen molar-refractivity contribution < 1.29 is 24.0 Å². The van der Waals surface area contributed by atoms with E-state index in [1.807, 2.05) is 62.4 Å². The molecule has 0 spiro atoms. The minimum Gasteiger partial charge on any atom is -0.497 e. The Morgan fingerprint density at radius 2 is 1.39 bits per heavy atom. The Balaban J connectivity index is 1.64. The van der Waals surface area contributed by atoms with Gasteiger partial charge in [-0.15, -0.1) is 0 Å². The maximum atomic E-state index is 13.9. The largest absolute Gasteiger partial charge is 0.497 e. The third kappa shape index (κ3) is 5.26. The molecule has 4 aromatic carbocycles. The second-order valence-electron chi connectivity index (χ2n) is 9.94. The van der Waals surface area contributed by atoms with Crippen LogP contribution in [0.5, 0.6) is 5.75 Å². The van der Waals surface area contributed by atoms with Crippen molar-refractivity contribution in [3.05, 3.63) is 112 Å². The molecular weight excluding hydrogens is 516 g/mol. The first-order valence-corrected chi connectivity index (χ1v) is 13.3. The number of benzene rings is 4. The molecule has 41 heavy (non-hydrogen) atoms. The molecule has 0 aliphatic carbocycles. The van der Waals surface area contributed by atoms with Crippen molar-refractivity contribution in [1.29, 1.82) is 0 Å². The van der Waals surface area contributed by atoms with E-state index < -0.39 is 5.97 Å². The lowest BCUT2D eigenvalue weighted by Crippen LogP contribution is -2.18. The average molecular weight is 547 g/mol. The quantitative estimate of drug-likeness (QED) is 0.0922. The van der Waals surface area contributed by atoms with E-state index in [9.17, 15) is 14.4 Å². The molecule has 0 saturated carbocycles. The first-order chi connectivity index (χ1) is 19.7. The zero-order chi connectivity index (χ0) is 29.3. The number of carbonyl (C=O) groups is 3. The molecule has 7 heteroatoms. The van der Waals surface area contributed by atoms with Crippen LogP contribution < -0.4 is 4.74 Å². The standard InChI is InChI=1S/C34H30N2O5/c1-6-36-30-15-11-24(33(38)23-9-13-26(40-5)14-10-23)18-28(30)29-19-25(12-16-31(29)36)34(39)32(35-41-22(4)37)27-17-20(2)7-8-21(27)3/h7-19H,6H2,1-5H3/b35-32+. The van der Waals surface area contributed by atoms with Gasteiger partial charge in [0.1, 0.15) is 5.75 Å². The van der Waals surface area contributed by atoms with E-state index in [0.717, 1.165) is 32.9 Å². The number of hydrogen-bond acceptors (Lipinski definition) is 6. The molecule has 0 unspecified atom stereocenters. The van der Waals surface area contributed by atoms with Gasteiger partial charge in [0.15, 0.2) is 11.5 Å². The van der Waals surface area contributed by atoms with Crippen molar-refractivity contribution in [2.45, 2.75) is 34.2 Å².